The highest BCUT2D eigenvalue weighted by Crippen LogP contribution is 2.48. The predicted octanol–water partition coefficient (Wildman–Crippen LogP) is 8.76. The van der Waals surface area contributed by atoms with E-state index in [1.54, 1.807) is 5.56 Å². The molecule has 39 heavy (non-hydrogen) atoms. The van der Waals surface area contributed by atoms with Crippen LogP contribution >= 0.6 is 0 Å². The van der Waals surface area contributed by atoms with E-state index in [2.05, 4.69) is 97.9 Å². The quantitative estimate of drug-likeness (QED) is 0.222. The second-order valence-corrected chi connectivity index (χ2v) is 12.3. The molecule has 3 heteroatoms. The van der Waals surface area contributed by atoms with Crippen LogP contribution in [0.1, 0.15) is 62.8 Å². The Morgan fingerprint density at radius 1 is 0.744 bits per heavy atom. The zero-order valence-corrected chi connectivity index (χ0v) is 23.7. The van der Waals surface area contributed by atoms with Crippen LogP contribution in [-0.2, 0) is 12.8 Å². The van der Waals surface area contributed by atoms with E-state index in [1.807, 2.05) is 0 Å². The number of hydrogen-bond donors (Lipinski definition) is 0. The van der Waals surface area contributed by atoms with Gasteiger partial charge in [-0.05, 0) is 91.0 Å². The van der Waals surface area contributed by atoms with E-state index in [9.17, 15) is 0 Å². The minimum Gasteiger partial charge on any atom is -0.362 e. The van der Waals surface area contributed by atoms with Crippen molar-refractivity contribution in [2.24, 2.45) is 23.7 Å². The molecular formula is C36H43N3. The lowest BCUT2D eigenvalue weighted by atomic mass is 9.60. The van der Waals surface area contributed by atoms with Gasteiger partial charge in [0.15, 0.2) is 0 Å². The highest BCUT2D eigenvalue weighted by Gasteiger charge is 2.38. The van der Waals surface area contributed by atoms with Crippen LogP contribution < -0.4 is 4.90 Å². The van der Waals surface area contributed by atoms with Crippen molar-refractivity contribution < 1.29 is 0 Å². The third-order valence-corrected chi connectivity index (χ3v) is 9.62. The Morgan fingerprint density at radius 3 is 2.26 bits per heavy atom. The molecule has 0 bridgehead atoms. The van der Waals surface area contributed by atoms with Gasteiger partial charge in [-0.25, -0.2) is 9.97 Å². The van der Waals surface area contributed by atoms with Crippen molar-refractivity contribution >= 4 is 16.7 Å². The molecule has 2 atom stereocenters. The van der Waals surface area contributed by atoms with Crippen molar-refractivity contribution in [3.63, 3.8) is 0 Å². The summed E-state index contributed by atoms with van der Waals surface area (Å²) < 4.78 is 0. The van der Waals surface area contributed by atoms with Crippen molar-refractivity contribution in [3.8, 4) is 11.1 Å². The second-order valence-electron chi connectivity index (χ2n) is 12.3. The predicted molar refractivity (Wildman–Crippen MR) is 164 cm³/mol. The Kier molecular flexibility index (Phi) is 7.95. The third-order valence-electron chi connectivity index (χ3n) is 9.62. The number of rotatable bonds is 9. The molecule has 2 aliphatic carbocycles. The SMILES string of the molecule is CN(C)c1nc(CCCC2CCC(C3CCC3Cc3ccccc3-c3ccccc3)CC2)nc2ccccc12. The molecule has 2 aliphatic rings. The molecule has 3 aromatic carbocycles. The van der Waals surface area contributed by atoms with Gasteiger partial charge in [-0.15, -0.1) is 0 Å². The number of benzene rings is 3. The molecule has 0 spiro atoms. The molecule has 1 heterocycles. The Hall–Kier alpha value is -3.20. The molecule has 0 N–H and O–H groups in total. The maximum absolute atomic E-state index is 4.92. The molecule has 2 fully saturated rings. The maximum Gasteiger partial charge on any atom is 0.139 e. The fourth-order valence-electron chi connectivity index (χ4n) is 7.36. The van der Waals surface area contributed by atoms with Crippen molar-refractivity contribution in [1.82, 2.24) is 9.97 Å². The lowest BCUT2D eigenvalue weighted by Gasteiger charge is -2.45. The van der Waals surface area contributed by atoms with Gasteiger partial charge >= 0.3 is 0 Å². The summed E-state index contributed by atoms with van der Waals surface area (Å²) in [6.07, 6.45) is 13.3. The van der Waals surface area contributed by atoms with Crippen LogP contribution in [-0.4, -0.2) is 24.1 Å². The highest BCUT2D eigenvalue weighted by molar-refractivity contribution is 5.89. The smallest absolute Gasteiger partial charge is 0.139 e. The molecule has 0 aliphatic heterocycles. The molecule has 0 amide bonds. The fourth-order valence-corrected chi connectivity index (χ4v) is 7.36. The lowest BCUT2D eigenvalue weighted by Crippen LogP contribution is -2.36. The number of aromatic nitrogens is 2. The van der Waals surface area contributed by atoms with Crippen molar-refractivity contribution in [1.29, 1.82) is 0 Å². The first-order chi connectivity index (χ1) is 19.2. The van der Waals surface area contributed by atoms with Crippen LogP contribution in [0.25, 0.3) is 22.0 Å². The number of hydrogen-bond acceptors (Lipinski definition) is 3. The average Bonchev–Trinajstić information content (AvgIpc) is 2.96. The number of aryl methyl sites for hydroxylation is 1. The number of nitrogens with zero attached hydrogens (tertiary/aromatic N) is 3. The molecule has 0 radical (unpaired) electrons. The van der Waals surface area contributed by atoms with Crippen LogP contribution in [0, 0.1) is 23.7 Å². The first kappa shape index (κ1) is 26.0. The van der Waals surface area contributed by atoms with Gasteiger partial charge in [0.2, 0.25) is 0 Å². The first-order valence-electron chi connectivity index (χ1n) is 15.2. The molecule has 2 unspecified atom stereocenters. The summed E-state index contributed by atoms with van der Waals surface area (Å²) in [5, 5.41) is 1.14. The van der Waals surface area contributed by atoms with E-state index in [0.29, 0.717) is 0 Å². The van der Waals surface area contributed by atoms with Gasteiger partial charge in [-0.2, -0.15) is 0 Å². The minimum absolute atomic E-state index is 0.868. The van der Waals surface area contributed by atoms with Crippen molar-refractivity contribution in [2.45, 2.75) is 64.2 Å². The molecule has 202 valence electrons. The van der Waals surface area contributed by atoms with E-state index in [0.717, 1.165) is 52.6 Å². The fraction of sp³-hybridized carbons (Fsp3) is 0.444. The van der Waals surface area contributed by atoms with E-state index < -0.39 is 0 Å². The molecule has 3 nitrogen and oxygen atoms in total. The van der Waals surface area contributed by atoms with Gasteiger partial charge in [0.1, 0.15) is 11.6 Å². The van der Waals surface area contributed by atoms with Gasteiger partial charge in [-0.3, -0.25) is 0 Å². The molecule has 6 rings (SSSR count). The van der Waals surface area contributed by atoms with E-state index >= 15 is 0 Å². The number of fused-ring (bicyclic) bond motifs is 1. The second kappa shape index (κ2) is 11.9. The zero-order chi connectivity index (χ0) is 26.6. The minimum atomic E-state index is 0.868. The van der Waals surface area contributed by atoms with Gasteiger partial charge in [0.05, 0.1) is 5.52 Å². The zero-order valence-electron chi connectivity index (χ0n) is 23.7. The summed E-state index contributed by atoms with van der Waals surface area (Å²) in [5.74, 6) is 5.66. The molecular weight excluding hydrogens is 474 g/mol. The Labute approximate surface area is 234 Å². The van der Waals surface area contributed by atoms with Crippen molar-refractivity contribution in [3.05, 3.63) is 90.3 Å². The van der Waals surface area contributed by atoms with E-state index in [4.69, 9.17) is 9.97 Å². The molecule has 1 aromatic heterocycles. The Bertz CT molecular complexity index is 1370. The molecule has 0 saturated heterocycles. The largest absolute Gasteiger partial charge is 0.362 e. The summed E-state index contributed by atoms with van der Waals surface area (Å²) in [6.45, 7) is 0. The third kappa shape index (κ3) is 5.88. The van der Waals surface area contributed by atoms with Crippen LogP contribution in [0.3, 0.4) is 0 Å². The molecule has 4 aromatic rings. The van der Waals surface area contributed by atoms with Crippen LogP contribution in [0.15, 0.2) is 78.9 Å². The first-order valence-corrected chi connectivity index (χ1v) is 15.2. The normalized spacial score (nSPS) is 22.9. The standard InChI is InChI=1S/C36H43N3/c1-39(2)36-33-16-8-9-17-34(33)37-35(38-36)18-10-11-26-19-21-28(22-20-26)32-24-23-30(32)25-29-14-6-7-15-31(29)27-12-4-3-5-13-27/h3-9,12-17,26,28,30,32H,10-11,18-25H2,1-2H3. The maximum atomic E-state index is 4.92. The summed E-state index contributed by atoms with van der Waals surface area (Å²) in [4.78, 5) is 11.9. The van der Waals surface area contributed by atoms with Crippen molar-refractivity contribution in [2.75, 3.05) is 19.0 Å². The van der Waals surface area contributed by atoms with Gasteiger partial charge < -0.3 is 4.90 Å². The summed E-state index contributed by atoms with van der Waals surface area (Å²) >= 11 is 0. The highest BCUT2D eigenvalue weighted by atomic mass is 15.1. The van der Waals surface area contributed by atoms with E-state index in [1.165, 1.54) is 68.9 Å². The van der Waals surface area contributed by atoms with Gasteiger partial charge in [0, 0.05) is 25.9 Å². The lowest BCUT2D eigenvalue weighted by molar-refractivity contribution is 0.0667. The topological polar surface area (TPSA) is 29.0 Å². The summed E-state index contributed by atoms with van der Waals surface area (Å²) in [6, 6.07) is 28.4. The van der Waals surface area contributed by atoms with Crippen LogP contribution in [0.2, 0.25) is 0 Å². The van der Waals surface area contributed by atoms with E-state index in [-0.39, 0.29) is 0 Å². The van der Waals surface area contributed by atoms with Crippen LogP contribution in [0.5, 0.6) is 0 Å². The van der Waals surface area contributed by atoms with Crippen LogP contribution in [0.4, 0.5) is 5.82 Å². The average molecular weight is 518 g/mol. The number of anilines is 1. The van der Waals surface area contributed by atoms with Gasteiger partial charge in [0.25, 0.3) is 0 Å². The monoisotopic (exact) mass is 517 g/mol. The number of para-hydroxylation sites is 1. The Balaban J connectivity index is 1.00. The molecule has 2 saturated carbocycles. The summed E-state index contributed by atoms with van der Waals surface area (Å²) in [7, 11) is 4.15. The van der Waals surface area contributed by atoms with Gasteiger partial charge in [-0.1, -0.05) is 86.0 Å². The Morgan fingerprint density at radius 2 is 1.49 bits per heavy atom. The summed E-state index contributed by atoms with van der Waals surface area (Å²) in [5.41, 5.74) is 5.39.